The van der Waals surface area contributed by atoms with Crippen LogP contribution in [0, 0.1) is 3.57 Å². The second kappa shape index (κ2) is 4.61. The minimum absolute atomic E-state index is 0.0710. The summed E-state index contributed by atoms with van der Waals surface area (Å²) in [5, 5.41) is 3.37. The molecule has 1 aromatic heterocycles. The molecule has 0 saturated heterocycles. The normalized spacial score (nSPS) is 18.3. The lowest BCUT2D eigenvalue weighted by Crippen LogP contribution is -2.49. The Bertz CT molecular complexity index is 324. The molecule has 0 radical (unpaired) electrons. The first kappa shape index (κ1) is 11.1. The van der Waals surface area contributed by atoms with Crippen LogP contribution in [-0.4, -0.2) is 29.2 Å². The lowest BCUT2D eigenvalue weighted by atomic mass is 9.77. The van der Waals surface area contributed by atoms with Crippen LogP contribution >= 0.6 is 22.6 Å². The monoisotopic (exact) mass is 319 g/mol. The summed E-state index contributed by atoms with van der Waals surface area (Å²) in [5.41, 5.74) is 0.0710. The van der Waals surface area contributed by atoms with Gasteiger partial charge in [-0.2, -0.15) is 0 Å². The van der Waals surface area contributed by atoms with Gasteiger partial charge in [0.1, 0.15) is 0 Å². The Morgan fingerprint density at radius 1 is 1.47 bits per heavy atom. The Morgan fingerprint density at radius 2 is 2.13 bits per heavy atom. The fraction of sp³-hybridized carbons (Fsp3) is 0.600. The molecule has 0 spiro atoms. The summed E-state index contributed by atoms with van der Waals surface area (Å²) in [6.07, 6.45) is 7.15. The third-order valence-corrected chi connectivity index (χ3v) is 3.29. The highest BCUT2D eigenvalue weighted by Crippen LogP contribution is 2.34. The van der Waals surface area contributed by atoms with Crippen LogP contribution in [0.2, 0.25) is 0 Å². The standard InChI is InChI=1S/C10H14IN3O/c1-15-7-10(3-2-4-10)14-9-12-5-8(11)6-13-9/h5-6H,2-4,7H2,1H3,(H,12,13,14). The zero-order chi connectivity index (χ0) is 10.7. The van der Waals surface area contributed by atoms with Crippen molar-refractivity contribution in [1.82, 2.24) is 9.97 Å². The molecule has 1 aliphatic carbocycles. The molecule has 0 amide bonds. The molecule has 4 nitrogen and oxygen atoms in total. The van der Waals surface area contributed by atoms with Crippen LogP contribution in [0.25, 0.3) is 0 Å². The van der Waals surface area contributed by atoms with Crippen molar-refractivity contribution in [3.05, 3.63) is 16.0 Å². The van der Waals surface area contributed by atoms with Crippen molar-refractivity contribution in [2.45, 2.75) is 24.8 Å². The lowest BCUT2D eigenvalue weighted by molar-refractivity contribution is 0.0978. The Balaban J connectivity index is 2.03. The van der Waals surface area contributed by atoms with Gasteiger partial charge in [0.25, 0.3) is 0 Å². The first-order valence-corrected chi connectivity index (χ1v) is 6.07. The van der Waals surface area contributed by atoms with Crippen molar-refractivity contribution in [2.75, 3.05) is 19.0 Å². The van der Waals surface area contributed by atoms with Gasteiger partial charge in [0.05, 0.1) is 12.1 Å². The smallest absolute Gasteiger partial charge is 0.223 e. The first-order valence-electron chi connectivity index (χ1n) is 4.99. The summed E-state index contributed by atoms with van der Waals surface area (Å²) in [6.45, 7) is 0.725. The van der Waals surface area contributed by atoms with Crippen LogP contribution in [-0.2, 0) is 4.74 Å². The number of hydrogen-bond donors (Lipinski definition) is 1. The molecule has 1 aromatic rings. The lowest BCUT2D eigenvalue weighted by Gasteiger charge is -2.41. The molecule has 0 bridgehead atoms. The molecule has 1 saturated carbocycles. The topological polar surface area (TPSA) is 47.0 Å². The van der Waals surface area contributed by atoms with E-state index in [1.807, 2.05) is 12.4 Å². The van der Waals surface area contributed by atoms with Crippen molar-refractivity contribution in [3.8, 4) is 0 Å². The summed E-state index contributed by atoms with van der Waals surface area (Å²) >= 11 is 2.20. The SMILES string of the molecule is COCC1(Nc2ncc(I)cn2)CCC1. The van der Waals surface area contributed by atoms with E-state index >= 15 is 0 Å². The molecular weight excluding hydrogens is 305 g/mol. The highest BCUT2D eigenvalue weighted by Gasteiger charge is 2.37. The van der Waals surface area contributed by atoms with Gasteiger partial charge in [-0.1, -0.05) is 0 Å². The quantitative estimate of drug-likeness (QED) is 0.863. The third-order valence-electron chi connectivity index (χ3n) is 2.73. The predicted molar refractivity (Wildman–Crippen MR) is 66.8 cm³/mol. The predicted octanol–water partition coefficient (Wildman–Crippen LogP) is 2.06. The van der Waals surface area contributed by atoms with Gasteiger partial charge in [0, 0.05) is 23.1 Å². The van der Waals surface area contributed by atoms with Gasteiger partial charge in [-0.15, -0.1) is 0 Å². The largest absolute Gasteiger partial charge is 0.382 e. The van der Waals surface area contributed by atoms with Gasteiger partial charge in [-0.25, -0.2) is 9.97 Å². The number of rotatable bonds is 4. The van der Waals surface area contributed by atoms with Crippen molar-refractivity contribution in [1.29, 1.82) is 0 Å². The molecule has 0 aliphatic heterocycles. The van der Waals surface area contributed by atoms with Crippen LogP contribution in [0.15, 0.2) is 12.4 Å². The molecule has 0 atom stereocenters. The van der Waals surface area contributed by atoms with Gasteiger partial charge < -0.3 is 10.1 Å². The number of aromatic nitrogens is 2. The van der Waals surface area contributed by atoms with Crippen LogP contribution in [0.4, 0.5) is 5.95 Å². The van der Waals surface area contributed by atoms with Gasteiger partial charge in [0.15, 0.2) is 0 Å². The maximum absolute atomic E-state index is 5.23. The van der Waals surface area contributed by atoms with Gasteiger partial charge in [-0.05, 0) is 41.9 Å². The fourth-order valence-electron chi connectivity index (χ4n) is 1.80. The number of hydrogen-bond acceptors (Lipinski definition) is 4. The van der Waals surface area contributed by atoms with E-state index in [9.17, 15) is 0 Å². The fourth-order valence-corrected chi connectivity index (χ4v) is 2.08. The van der Waals surface area contributed by atoms with Crippen LogP contribution in [0.5, 0.6) is 0 Å². The summed E-state index contributed by atoms with van der Waals surface area (Å²) in [5.74, 6) is 0.701. The first-order chi connectivity index (χ1) is 7.24. The molecule has 15 heavy (non-hydrogen) atoms. The number of nitrogens with zero attached hydrogens (tertiary/aromatic N) is 2. The third kappa shape index (κ3) is 2.57. The Kier molecular flexibility index (Phi) is 3.40. The Labute approximate surface area is 103 Å². The van der Waals surface area contributed by atoms with E-state index in [1.54, 1.807) is 7.11 Å². The minimum atomic E-state index is 0.0710. The summed E-state index contributed by atoms with van der Waals surface area (Å²) < 4.78 is 6.27. The van der Waals surface area contributed by atoms with Gasteiger partial charge in [-0.3, -0.25) is 0 Å². The molecule has 0 aromatic carbocycles. The van der Waals surface area contributed by atoms with E-state index in [4.69, 9.17) is 4.74 Å². The molecule has 0 unspecified atom stereocenters. The maximum Gasteiger partial charge on any atom is 0.223 e. The summed E-state index contributed by atoms with van der Waals surface area (Å²) in [6, 6.07) is 0. The second-order valence-corrected chi connectivity index (χ2v) is 5.16. The zero-order valence-electron chi connectivity index (χ0n) is 8.66. The maximum atomic E-state index is 5.23. The molecule has 5 heteroatoms. The number of halogens is 1. The molecular formula is C10H14IN3O. The number of ether oxygens (including phenoxy) is 1. The van der Waals surface area contributed by atoms with E-state index in [0.717, 1.165) is 23.0 Å². The average molecular weight is 319 g/mol. The Hall–Kier alpha value is -0.430. The molecule has 2 rings (SSSR count). The van der Waals surface area contributed by atoms with E-state index in [1.165, 1.54) is 6.42 Å². The summed E-state index contributed by atoms with van der Waals surface area (Å²) in [4.78, 5) is 8.48. The average Bonchev–Trinajstić information content (AvgIpc) is 2.18. The van der Waals surface area contributed by atoms with Crippen LogP contribution < -0.4 is 5.32 Å². The number of anilines is 1. The van der Waals surface area contributed by atoms with Crippen molar-refractivity contribution < 1.29 is 4.74 Å². The number of methoxy groups -OCH3 is 1. The highest BCUT2D eigenvalue weighted by atomic mass is 127. The molecule has 1 N–H and O–H groups in total. The van der Waals surface area contributed by atoms with Crippen LogP contribution in [0.1, 0.15) is 19.3 Å². The van der Waals surface area contributed by atoms with Crippen LogP contribution in [0.3, 0.4) is 0 Å². The van der Waals surface area contributed by atoms with Crippen molar-refractivity contribution in [2.24, 2.45) is 0 Å². The molecule has 82 valence electrons. The second-order valence-electron chi connectivity index (χ2n) is 3.92. The van der Waals surface area contributed by atoms with E-state index in [2.05, 4.69) is 37.9 Å². The highest BCUT2D eigenvalue weighted by molar-refractivity contribution is 14.1. The number of nitrogens with one attached hydrogen (secondary N) is 1. The minimum Gasteiger partial charge on any atom is -0.382 e. The zero-order valence-corrected chi connectivity index (χ0v) is 10.8. The van der Waals surface area contributed by atoms with Crippen molar-refractivity contribution >= 4 is 28.5 Å². The molecule has 1 heterocycles. The van der Waals surface area contributed by atoms with E-state index in [-0.39, 0.29) is 5.54 Å². The Morgan fingerprint density at radius 3 is 2.60 bits per heavy atom. The molecule has 1 fully saturated rings. The van der Waals surface area contributed by atoms with Gasteiger partial charge in [0.2, 0.25) is 5.95 Å². The van der Waals surface area contributed by atoms with E-state index < -0.39 is 0 Å². The summed E-state index contributed by atoms with van der Waals surface area (Å²) in [7, 11) is 1.73. The molecule has 1 aliphatic rings. The van der Waals surface area contributed by atoms with E-state index in [0.29, 0.717) is 5.95 Å². The van der Waals surface area contributed by atoms with Gasteiger partial charge >= 0.3 is 0 Å². The van der Waals surface area contributed by atoms with Crippen molar-refractivity contribution in [3.63, 3.8) is 0 Å².